The summed E-state index contributed by atoms with van der Waals surface area (Å²) in [6.07, 6.45) is -0.208. The molecule has 0 bridgehead atoms. The molecule has 0 saturated carbocycles. The minimum Gasteiger partial charge on any atom is -0.481 e. The predicted molar refractivity (Wildman–Crippen MR) is 83.9 cm³/mol. The quantitative estimate of drug-likeness (QED) is 0.859. The highest BCUT2D eigenvalue weighted by atomic mass is 16.5. The van der Waals surface area contributed by atoms with Crippen LogP contribution in [0.3, 0.4) is 0 Å². The standard InChI is InChI=1S/C17H19NO4/c1-17(11-22-2,10-15(19)20)18-16(21)14-8-7-12-5-3-4-6-13(12)9-14/h3-9H,10-11H2,1-2H3,(H,18,21)(H,19,20). The first kappa shape index (κ1) is 16.0. The summed E-state index contributed by atoms with van der Waals surface area (Å²) in [5, 5.41) is 13.8. The van der Waals surface area contributed by atoms with Gasteiger partial charge in [0.2, 0.25) is 0 Å². The molecule has 0 aliphatic carbocycles. The van der Waals surface area contributed by atoms with E-state index in [9.17, 15) is 9.59 Å². The lowest BCUT2D eigenvalue weighted by molar-refractivity contribution is -0.139. The number of ether oxygens (including phenoxy) is 1. The Morgan fingerprint density at radius 2 is 1.86 bits per heavy atom. The maximum Gasteiger partial charge on any atom is 0.305 e. The van der Waals surface area contributed by atoms with E-state index in [0.29, 0.717) is 5.56 Å². The minimum atomic E-state index is -0.988. The number of carboxylic acid groups (broad SMARTS) is 1. The Morgan fingerprint density at radius 3 is 2.50 bits per heavy atom. The number of fused-ring (bicyclic) bond motifs is 1. The number of rotatable bonds is 6. The van der Waals surface area contributed by atoms with E-state index in [2.05, 4.69) is 5.32 Å². The number of methoxy groups -OCH3 is 1. The number of hydrogen-bond acceptors (Lipinski definition) is 3. The third-order valence-corrected chi connectivity index (χ3v) is 3.43. The lowest BCUT2D eigenvalue weighted by Gasteiger charge is -2.28. The molecule has 0 radical (unpaired) electrons. The third kappa shape index (κ3) is 3.83. The summed E-state index contributed by atoms with van der Waals surface area (Å²) in [6.45, 7) is 1.78. The monoisotopic (exact) mass is 301 g/mol. The van der Waals surface area contributed by atoms with Crippen LogP contribution < -0.4 is 5.32 Å². The Bertz CT molecular complexity index is 698. The molecule has 5 heteroatoms. The summed E-state index contributed by atoms with van der Waals surface area (Å²) in [6, 6.07) is 13.1. The molecule has 22 heavy (non-hydrogen) atoms. The second-order valence-corrected chi connectivity index (χ2v) is 5.58. The fraction of sp³-hybridized carbons (Fsp3) is 0.294. The number of carbonyl (C=O) groups is 2. The molecule has 0 aliphatic heterocycles. The molecular weight excluding hydrogens is 282 g/mol. The molecule has 2 rings (SSSR count). The van der Waals surface area contributed by atoms with Crippen LogP contribution in [0.5, 0.6) is 0 Å². The highest BCUT2D eigenvalue weighted by Gasteiger charge is 2.30. The van der Waals surface area contributed by atoms with Crippen LogP contribution in [0.2, 0.25) is 0 Å². The molecule has 2 aromatic carbocycles. The van der Waals surface area contributed by atoms with Gasteiger partial charge in [-0.3, -0.25) is 9.59 Å². The van der Waals surface area contributed by atoms with Crippen molar-refractivity contribution in [3.8, 4) is 0 Å². The number of benzene rings is 2. The molecular formula is C17H19NO4. The Kier molecular flexibility index (Phi) is 4.78. The van der Waals surface area contributed by atoms with Gasteiger partial charge < -0.3 is 15.2 Å². The first-order chi connectivity index (χ1) is 10.4. The van der Waals surface area contributed by atoms with Gasteiger partial charge in [-0.05, 0) is 29.8 Å². The second kappa shape index (κ2) is 6.58. The van der Waals surface area contributed by atoms with Gasteiger partial charge in [0.1, 0.15) is 0 Å². The van der Waals surface area contributed by atoms with Gasteiger partial charge in [-0.2, -0.15) is 0 Å². The Hall–Kier alpha value is -2.40. The van der Waals surface area contributed by atoms with Gasteiger partial charge >= 0.3 is 5.97 Å². The maximum atomic E-state index is 12.4. The van der Waals surface area contributed by atoms with Crippen molar-refractivity contribution >= 4 is 22.6 Å². The van der Waals surface area contributed by atoms with Crippen molar-refractivity contribution in [1.82, 2.24) is 5.32 Å². The van der Waals surface area contributed by atoms with Crippen LogP contribution in [0.25, 0.3) is 10.8 Å². The van der Waals surface area contributed by atoms with Gasteiger partial charge in [-0.25, -0.2) is 0 Å². The zero-order valence-corrected chi connectivity index (χ0v) is 12.6. The molecule has 0 heterocycles. The Balaban J connectivity index is 2.22. The Morgan fingerprint density at radius 1 is 1.18 bits per heavy atom. The van der Waals surface area contributed by atoms with Crippen LogP contribution >= 0.6 is 0 Å². The lowest BCUT2D eigenvalue weighted by Crippen LogP contribution is -2.50. The highest BCUT2D eigenvalue weighted by molar-refractivity contribution is 5.99. The van der Waals surface area contributed by atoms with E-state index in [0.717, 1.165) is 10.8 Å². The van der Waals surface area contributed by atoms with E-state index in [1.54, 1.807) is 19.1 Å². The lowest BCUT2D eigenvalue weighted by atomic mass is 9.98. The van der Waals surface area contributed by atoms with Crippen LogP contribution in [0.4, 0.5) is 0 Å². The van der Waals surface area contributed by atoms with E-state index >= 15 is 0 Å². The summed E-state index contributed by atoms with van der Waals surface area (Å²) in [7, 11) is 1.47. The van der Waals surface area contributed by atoms with Gasteiger partial charge in [-0.1, -0.05) is 30.3 Å². The van der Waals surface area contributed by atoms with E-state index < -0.39 is 11.5 Å². The number of carboxylic acids is 1. The van der Waals surface area contributed by atoms with Crippen molar-refractivity contribution < 1.29 is 19.4 Å². The fourth-order valence-corrected chi connectivity index (χ4v) is 2.46. The van der Waals surface area contributed by atoms with Crippen molar-refractivity contribution in [2.24, 2.45) is 0 Å². The molecule has 1 atom stereocenters. The number of amides is 1. The van der Waals surface area contributed by atoms with Crippen LogP contribution in [-0.4, -0.2) is 36.2 Å². The molecule has 0 saturated heterocycles. The number of nitrogens with one attached hydrogen (secondary N) is 1. The minimum absolute atomic E-state index is 0.124. The molecule has 0 spiro atoms. The first-order valence-electron chi connectivity index (χ1n) is 6.95. The molecule has 2 N–H and O–H groups in total. The average Bonchev–Trinajstić information content (AvgIpc) is 2.45. The highest BCUT2D eigenvalue weighted by Crippen LogP contribution is 2.17. The van der Waals surface area contributed by atoms with Crippen LogP contribution in [0.15, 0.2) is 42.5 Å². The Labute approximate surface area is 128 Å². The molecule has 116 valence electrons. The summed E-state index contributed by atoms with van der Waals surface area (Å²) in [5.41, 5.74) is -0.463. The van der Waals surface area contributed by atoms with Crippen molar-refractivity contribution in [2.75, 3.05) is 13.7 Å². The smallest absolute Gasteiger partial charge is 0.305 e. The topological polar surface area (TPSA) is 75.6 Å². The zero-order chi connectivity index (χ0) is 16.2. The third-order valence-electron chi connectivity index (χ3n) is 3.43. The van der Waals surface area contributed by atoms with Gasteiger partial charge in [0.05, 0.1) is 18.6 Å². The van der Waals surface area contributed by atoms with E-state index in [4.69, 9.17) is 9.84 Å². The summed E-state index contributed by atoms with van der Waals surface area (Å²) in [5.74, 6) is -1.30. The number of hydrogen-bond donors (Lipinski definition) is 2. The number of carbonyl (C=O) groups excluding carboxylic acids is 1. The SMILES string of the molecule is COCC(C)(CC(=O)O)NC(=O)c1ccc2ccccc2c1. The number of aliphatic carboxylic acids is 1. The summed E-state index contributed by atoms with van der Waals surface area (Å²) < 4.78 is 5.04. The van der Waals surface area contributed by atoms with Crippen molar-refractivity contribution in [2.45, 2.75) is 18.9 Å². The predicted octanol–water partition coefficient (Wildman–Crippen LogP) is 2.45. The average molecular weight is 301 g/mol. The van der Waals surface area contributed by atoms with E-state index in [1.165, 1.54) is 7.11 Å². The molecule has 0 fully saturated rings. The van der Waals surface area contributed by atoms with Crippen LogP contribution in [0.1, 0.15) is 23.7 Å². The van der Waals surface area contributed by atoms with E-state index in [1.807, 2.05) is 30.3 Å². The normalized spacial score (nSPS) is 13.5. The van der Waals surface area contributed by atoms with Crippen molar-refractivity contribution in [3.05, 3.63) is 48.0 Å². The summed E-state index contributed by atoms with van der Waals surface area (Å²) >= 11 is 0. The fourth-order valence-electron chi connectivity index (χ4n) is 2.46. The van der Waals surface area contributed by atoms with Gasteiger partial charge in [0, 0.05) is 12.7 Å². The van der Waals surface area contributed by atoms with Crippen molar-refractivity contribution in [1.29, 1.82) is 0 Å². The maximum absolute atomic E-state index is 12.4. The van der Waals surface area contributed by atoms with Gasteiger partial charge in [-0.15, -0.1) is 0 Å². The van der Waals surface area contributed by atoms with Gasteiger partial charge in [0.25, 0.3) is 5.91 Å². The van der Waals surface area contributed by atoms with Gasteiger partial charge in [0.15, 0.2) is 0 Å². The van der Waals surface area contributed by atoms with Crippen molar-refractivity contribution in [3.63, 3.8) is 0 Å². The zero-order valence-electron chi connectivity index (χ0n) is 12.6. The molecule has 1 amide bonds. The molecule has 0 aromatic heterocycles. The summed E-state index contributed by atoms with van der Waals surface area (Å²) in [4.78, 5) is 23.4. The molecule has 0 aliphatic rings. The molecule has 2 aromatic rings. The second-order valence-electron chi connectivity index (χ2n) is 5.58. The van der Waals surface area contributed by atoms with Crippen LogP contribution in [-0.2, 0) is 9.53 Å². The largest absolute Gasteiger partial charge is 0.481 e. The molecule has 1 unspecified atom stereocenters. The van der Waals surface area contributed by atoms with Crippen LogP contribution in [0, 0.1) is 0 Å². The van der Waals surface area contributed by atoms with E-state index in [-0.39, 0.29) is 18.9 Å². The molecule has 5 nitrogen and oxygen atoms in total. The first-order valence-corrected chi connectivity index (χ1v) is 6.95.